The second-order valence-electron chi connectivity index (χ2n) is 5.85. The molecule has 2 rings (SSSR count). The van der Waals surface area contributed by atoms with Crippen molar-refractivity contribution in [1.82, 2.24) is 20.1 Å². The molecule has 0 bridgehead atoms. The minimum atomic E-state index is -0.407. The summed E-state index contributed by atoms with van der Waals surface area (Å²) >= 11 is 1.28. The Balaban J connectivity index is 1.86. The Hall–Kier alpha value is -2.61. The molecule has 0 radical (unpaired) electrons. The van der Waals surface area contributed by atoms with Gasteiger partial charge < -0.3 is 15.2 Å². The number of nitrogens with zero attached hydrogens (tertiary/aromatic N) is 3. The van der Waals surface area contributed by atoms with E-state index in [4.69, 9.17) is 0 Å². The number of anilines is 1. The molecule has 0 fully saturated rings. The van der Waals surface area contributed by atoms with Crippen molar-refractivity contribution in [2.75, 3.05) is 11.9 Å². The van der Waals surface area contributed by atoms with Crippen LogP contribution in [-0.2, 0) is 16.1 Å². The summed E-state index contributed by atoms with van der Waals surface area (Å²) in [6.45, 7) is 9.78. The van der Waals surface area contributed by atoms with Crippen molar-refractivity contribution >= 4 is 29.3 Å². The van der Waals surface area contributed by atoms with E-state index in [9.17, 15) is 9.59 Å². The number of nitrogens with one attached hydrogen (secondary N) is 2. The summed E-state index contributed by atoms with van der Waals surface area (Å²) < 4.78 is 1.80. The maximum atomic E-state index is 12.2. The summed E-state index contributed by atoms with van der Waals surface area (Å²) in [4.78, 5) is 24.4. The fourth-order valence-electron chi connectivity index (χ4n) is 2.32. The van der Waals surface area contributed by atoms with E-state index < -0.39 is 5.25 Å². The molecular weight excluding hydrogens is 350 g/mol. The minimum Gasteiger partial charge on any atom is -0.346 e. The molecule has 1 aromatic carbocycles. The van der Waals surface area contributed by atoms with Crippen LogP contribution in [0, 0.1) is 13.8 Å². The quantitative estimate of drug-likeness (QED) is 0.548. The third-order valence-corrected chi connectivity index (χ3v) is 4.82. The summed E-state index contributed by atoms with van der Waals surface area (Å²) in [6, 6.07) is 5.80. The van der Waals surface area contributed by atoms with Crippen LogP contribution in [0.1, 0.15) is 18.1 Å². The van der Waals surface area contributed by atoms with Gasteiger partial charge in [0.25, 0.3) is 0 Å². The number of aromatic nitrogens is 3. The van der Waals surface area contributed by atoms with E-state index in [1.165, 1.54) is 11.8 Å². The summed E-state index contributed by atoms with van der Waals surface area (Å²) in [5.41, 5.74) is 2.75. The van der Waals surface area contributed by atoms with Gasteiger partial charge in [-0.2, -0.15) is 0 Å². The van der Waals surface area contributed by atoms with Crippen LogP contribution in [0.4, 0.5) is 5.69 Å². The predicted molar refractivity (Wildman–Crippen MR) is 103 cm³/mol. The first-order chi connectivity index (χ1) is 12.4. The summed E-state index contributed by atoms with van der Waals surface area (Å²) in [6.07, 6.45) is 3.32. The van der Waals surface area contributed by atoms with Crippen LogP contribution >= 0.6 is 11.8 Å². The fraction of sp³-hybridized carbons (Fsp3) is 0.333. The molecular formula is C18H23N5O2S. The second-order valence-corrected chi connectivity index (χ2v) is 7.16. The molecule has 0 aliphatic carbocycles. The molecule has 1 heterocycles. The van der Waals surface area contributed by atoms with E-state index in [1.807, 2.05) is 32.0 Å². The minimum absolute atomic E-state index is 0.0865. The van der Waals surface area contributed by atoms with Gasteiger partial charge in [0.2, 0.25) is 11.8 Å². The number of carbonyl (C=O) groups excluding carboxylic acids is 2. The first-order valence-electron chi connectivity index (χ1n) is 8.21. The molecule has 0 saturated carbocycles. The van der Waals surface area contributed by atoms with Crippen molar-refractivity contribution in [2.24, 2.45) is 0 Å². The highest BCUT2D eigenvalue weighted by Crippen LogP contribution is 2.21. The Morgan fingerprint density at radius 2 is 2.04 bits per heavy atom. The zero-order chi connectivity index (χ0) is 19.1. The van der Waals surface area contributed by atoms with Crippen molar-refractivity contribution in [3.8, 4) is 0 Å². The average Bonchev–Trinajstić information content (AvgIpc) is 3.03. The Morgan fingerprint density at radius 1 is 1.35 bits per heavy atom. The van der Waals surface area contributed by atoms with Crippen LogP contribution in [-0.4, -0.2) is 38.4 Å². The van der Waals surface area contributed by atoms with Gasteiger partial charge in [-0.15, -0.1) is 16.8 Å². The van der Waals surface area contributed by atoms with Crippen molar-refractivity contribution < 1.29 is 9.59 Å². The Kier molecular flexibility index (Phi) is 6.97. The van der Waals surface area contributed by atoms with Crippen LogP contribution in [0.2, 0.25) is 0 Å². The molecule has 0 spiro atoms. The Bertz CT molecular complexity index is 782. The fourth-order valence-corrected chi connectivity index (χ4v) is 3.18. The first-order valence-corrected chi connectivity index (χ1v) is 9.09. The van der Waals surface area contributed by atoms with Gasteiger partial charge in [-0.25, -0.2) is 0 Å². The molecule has 2 N–H and O–H groups in total. The van der Waals surface area contributed by atoms with E-state index in [0.717, 1.165) is 16.8 Å². The summed E-state index contributed by atoms with van der Waals surface area (Å²) in [5, 5.41) is 13.6. The van der Waals surface area contributed by atoms with Crippen molar-refractivity contribution in [2.45, 2.75) is 37.7 Å². The number of amides is 2. The molecule has 2 aromatic rings. The standard InChI is InChI=1S/C18H23N5O2S/c1-5-9-23-11-20-22-18(23)26-14(4)17(25)19-10-15(24)21-16-12(2)7-6-8-13(16)3/h5-8,11,14H,1,9-10H2,2-4H3,(H,19,25)(H,21,24). The Labute approximate surface area is 157 Å². The van der Waals surface area contributed by atoms with Gasteiger partial charge in [0.05, 0.1) is 11.8 Å². The maximum absolute atomic E-state index is 12.2. The number of rotatable bonds is 8. The molecule has 0 saturated heterocycles. The summed E-state index contributed by atoms with van der Waals surface area (Å²) in [7, 11) is 0. The normalized spacial score (nSPS) is 11.7. The van der Waals surface area contributed by atoms with Crippen molar-refractivity contribution in [3.05, 3.63) is 48.3 Å². The smallest absolute Gasteiger partial charge is 0.243 e. The number of benzene rings is 1. The van der Waals surface area contributed by atoms with E-state index in [1.54, 1.807) is 23.9 Å². The number of thioether (sulfide) groups is 1. The second kappa shape index (κ2) is 9.19. The van der Waals surface area contributed by atoms with E-state index in [-0.39, 0.29) is 18.4 Å². The average molecular weight is 373 g/mol. The van der Waals surface area contributed by atoms with Crippen LogP contribution < -0.4 is 10.6 Å². The van der Waals surface area contributed by atoms with Gasteiger partial charge in [-0.1, -0.05) is 36.0 Å². The van der Waals surface area contributed by atoms with Crippen LogP contribution in [0.5, 0.6) is 0 Å². The van der Waals surface area contributed by atoms with E-state index in [0.29, 0.717) is 11.7 Å². The SMILES string of the molecule is C=CCn1cnnc1SC(C)C(=O)NCC(=O)Nc1c(C)cccc1C. The van der Waals surface area contributed by atoms with Crippen molar-refractivity contribution in [3.63, 3.8) is 0 Å². The van der Waals surface area contributed by atoms with Crippen LogP contribution in [0.15, 0.2) is 42.3 Å². The highest BCUT2D eigenvalue weighted by molar-refractivity contribution is 8.00. The largest absolute Gasteiger partial charge is 0.346 e. The highest BCUT2D eigenvalue weighted by atomic mass is 32.2. The lowest BCUT2D eigenvalue weighted by Gasteiger charge is -2.14. The van der Waals surface area contributed by atoms with Crippen molar-refractivity contribution in [1.29, 1.82) is 0 Å². The molecule has 1 atom stereocenters. The van der Waals surface area contributed by atoms with Crippen LogP contribution in [0.25, 0.3) is 0 Å². The molecule has 0 aliphatic heterocycles. The highest BCUT2D eigenvalue weighted by Gasteiger charge is 2.18. The number of carbonyl (C=O) groups is 2. The molecule has 26 heavy (non-hydrogen) atoms. The van der Waals surface area contributed by atoms with Gasteiger partial charge in [0, 0.05) is 12.2 Å². The maximum Gasteiger partial charge on any atom is 0.243 e. The van der Waals surface area contributed by atoms with Gasteiger partial charge in [-0.05, 0) is 31.9 Å². The molecule has 1 aromatic heterocycles. The zero-order valence-electron chi connectivity index (χ0n) is 15.2. The summed E-state index contributed by atoms with van der Waals surface area (Å²) in [5.74, 6) is -0.498. The molecule has 0 aliphatic rings. The third kappa shape index (κ3) is 5.19. The lowest BCUT2D eigenvalue weighted by atomic mass is 10.1. The number of hydrogen-bond donors (Lipinski definition) is 2. The monoisotopic (exact) mass is 373 g/mol. The third-order valence-electron chi connectivity index (χ3n) is 3.73. The lowest BCUT2D eigenvalue weighted by Crippen LogP contribution is -2.37. The molecule has 7 nitrogen and oxygen atoms in total. The predicted octanol–water partition coefficient (Wildman–Crippen LogP) is 2.32. The molecule has 1 unspecified atom stereocenters. The van der Waals surface area contributed by atoms with E-state index >= 15 is 0 Å². The van der Waals surface area contributed by atoms with E-state index in [2.05, 4.69) is 27.4 Å². The molecule has 138 valence electrons. The van der Waals surface area contributed by atoms with Gasteiger partial charge in [0.15, 0.2) is 5.16 Å². The Morgan fingerprint density at radius 3 is 2.69 bits per heavy atom. The topological polar surface area (TPSA) is 88.9 Å². The van der Waals surface area contributed by atoms with Gasteiger partial charge >= 0.3 is 0 Å². The lowest BCUT2D eigenvalue weighted by molar-refractivity contribution is -0.123. The molecule has 2 amide bonds. The van der Waals surface area contributed by atoms with Gasteiger partial charge in [0.1, 0.15) is 6.33 Å². The molecule has 8 heteroatoms. The number of aryl methyl sites for hydroxylation is 2. The van der Waals surface area contributed by atoms with Crippen LogP contribution in [0.3, 0.4) is 0 Å². The van der Waals surface area contributed by atoms with Gasteiger partial charge in [-0.3, -0.25) is 9.59 Å². The first kappa shape index (κ1) is 19.7. The zero-order valence-corrected chi connectivity index (χ0v) is 16.0. The number of para-hydroxylation sites is 1. The number of hydrogen-bond acceptors (Lipinski definition) is 5. The number of allylic oxidation sites excluding steroid dienone is 1.